The number of carbonyl (C=O) groups is 2. The lowest BCUT2D eigenvalue weighted by atomic mass is 10.1. The summed E-state index contributed by atoms with van der Waals surface area (Å²) < 4.78 is 6.78. The lowest BCUT2D eigenvalue weighted by molar-refractivity contribution is -0.461. The first-order valence-electron chi connectivity index (χ1n) is 6.43. The molecule has 5 nitrogen and oxygen atoms in total. The Labute approximate surface area is 118 Å². The van der Waals surface area contributed by atoms with Crippen LogP contribution in [0, 0.1) is 5.92 Å². The summed E-state index contributed by atoms with van der Waals surface area (Å²) in [4.78, 5) is 22.6. The quantitative estimate of drug-likeness (QED) is 0.467. The Balaban J connectivity index is 2.38. The summed E-state index contributed by atoms with van der Waals surface area (Å²) in [6.07, 6.45) is 1.90. The standard InChI is InChI=1S/C15H19NO4/c1-16(2)10-13(15(18)19)8-9-14(17)20-11-12-6-4-3-5-7-12/h3-7,10,13H,8-9,11H2,1-2H3/p+1. The molecule has 1 N–H and O–H groups in total. The first-order chi connectivity index (χ1) is 9.49. The lowest BCUT2D eigenvalue weighted by Gasteiger charge is -2.07. The number of hydrogen-bond donors (Lipinski definition) is 1. The van der Waals surface area contributed by atoms with Crippen molar-refractivity contribution in [3.8, 4) is 0 Å². The second kappa shape index (κ2) is 8.09. The molecule has 108 valence electrons. The summed E-state index contributed by atoms with van der Waals surface area (Å²) in [5.41, 5.74) is 0.912. The molecule has 0 amide bonds. The minimum atomic E-state index is -0.936. The summed E-state index contributed by atoms with van der Waals surface area (Å²) in [5, 5.41) is 9.03. The van der Waals surface area contributed by atoms with Crippen LogP contribution >= 0.6 is 0 Å². The van der Waals surface area contributed by atoms with Crippen molar-refractivity contribution >= 4 is 18.2 Å². The second-order valence-corrected chi connectivity index (χ2v) is 4.74. The van der Waals surface area contributed by atoms with Gasteiger partial charge in [0, 0.05) is 6.42 Å². The predicted octanol–water partition coefficient (Wildman–Crippen LogP) is 1.55. The fraction of sp³-hybridized carbons (Fsp3) is 0.400. The van der Waals surface area contributed by atoms with Crippen molar-refractivity contribution in [2.75, 3.05) is 14.1 Å². The zero-order valence-electron chi connectivity index (χ0n) is 11.8. The fourth-order valence-corrected chi connectivity index (χ4v) is 1.71. The summed E-state index contributed by atoms with van der Waals surface area (Å²) in [6.45, 7) is 0.217. The summed E-state index contributed by atoms with van der Waals surface area (Å²) >= 11 is 0. The normalized spacial score (nSPS) is 11.5. The molecule has 0 aliphatic carbocycles. The monoisotopic (exact) mass is 278 g/mol. The van der Waals surface area contributed by atoms with E-state index in [9.17, 15) is 9.59 Å². The van der Waals surface area contributed by atoms with Gasteiger partial charge < -0.3 is 9.84 Å². The molecule has 20 heavy (non-hydrogen) atoms. The molecular weight excluding hydrogens is 258 g/mol. The van der Waals surface area contributed by atoms with Gasteiger partial charge in [-0.25, -0.2) is 4.58 Å². The van der Waals surface area contributed by atoms with Gasteiger partial charge in [0.2, 0.25) is 0 Å². The Morgan fingerprint density at radius 1 is 1.30 bits per heavy atom. The van der Waals surface area contributed by atoms with Crippen molar-refractivity contribution < 1.29 is 24.0 Å². The zero-order chi connectivity index (χ0) is 15.0. The third-order valence-corrected chi connectivity index (χ3v) is 2.70. The first kappa shape index (κ1) is 15.9. The van der Waals surface area contributed by atoms with Gasteiger partial charge in [-0.3, -0.25) is 9.59 Å². The summed E-state index contributed by atoms with van der Waals surface area (Å²) in [6, 6.07) is 9.37. The summed E-state index contributed by atoms with van der Waals surface area (Å²) in [5.74, 6) is -1.99. The molecular formula is C15H20NO4+. The first-order valence-corrected chi connectivity index (χ1v) is 6.43. The van der Waals surface area contributed by atoms with E-state index in [0.29, 0.717) is 0 Å². The molecule has 1 unspecified atom stereocenters. The Kier molecular flexibility index (Phi) is 6.43. The third-order valence-electron chi connectivity index (χ3n) is 2.70. The Morgan fingerprint density at radius 3 is 2.50 bits per heavy atom. The van der Waals surface area contributed by atoms with E-state index in [0.717, 1.165) is 5.56 Å². The van der Waals surface area contributed by atoms with Crippen LogP contribution in [0.1, 0.15) is 18.4 Å². The van der Waals surface area contributed by atoms with Crippen LogP contribution in [-0.4, -0.2) is 41.9 Å². The molecule has 0 saturated heterocycles. The smallest absolute Gasteiger partial charge is 0.316 e. The molecule has 1 atom stereocenters. The number of aliphatic carboxylic acids is 1. The number of carbonyl (C=O) groups excluding carboxylic acids is 1. The van der Waals surface area contributed by atoms with E-state index in [2.05, 4.69) is 0 Å². The highest BCUT2D eigenvalue weighted by Gasteiger charge is 2.20. The van der Waals surface area contributed by atoms with Crippen molar-refractivity contribution in [3.05, 3.63) is 35.9 Å². The maximum absolute atomic E-state index is 11.6. The Morgan fingerprint density at radius 2 is 1.95 bits per heavy atom. The van der Waals surface area contributed by atoms with Crippen LogP contribution in [0.3, 0.4) is 0 Å². The van der Waals surface area contributed by atoms with Crippen molar-refractivity contribution in [3.63, 3.8) is 0 Å². The number of carboxylic acid groups (broad SMARTS) is 1. The van der Waals surface area contributed by atoms with Gasteiger partial charge >= 0.3 is 11.9 Å². The number of carboxylic acids is 1. The number of hydrogen-bond acceptors (Lipinski definition) is 3. The highest BCUT2D eigenvalue weighted by Crippen LogP contribution is 2.07. The number of benzene rings is 1. The van der Waals surface area contributed by atoms with Crippen molar-refractivity contribution in [1.29, 1.82) is 0 Å². The van der Waals surface area contributed by atoms with Gasteiger partial charge in [-0.2, -0.15) is 0 Å². The molecule has 0 spiro atoms. The molecule has 0 aromatic heterocycles. The topological polar surface area (TPSA) is 66.6 Å². The molecule has 0 bridgehead atoms. The molecule has 1 rings (SSSR count). The van der Waals surface area contributed by atoms with Gasteiger partial charge in [-0.05, 0) is 12.0 Å². The average Bonchev–Trinajstić information content (AvgIpc) is 2.41. The number of ether oxygens (including phenoxy) is 1. The molecule has 0 saturated carbocycles. The molecule has 0 fully saturated rings. The number of esters is 1. The van der Waals surface area contributed by atoms with Crippen LogP contribution in [0.4, 0.5) is 0 Å². The van der Waals surface area contributed by atoms with Crippen LogP contribution in [-0.2, 0) is 20.9 Å². The van der Waals surface area contributed by atoms with E-state index in [-0.39, 0.29) is 25.4 Å². The van der Waals surface area contributed by atoms with Crippen LogP contribution < -0.4 is 0 Å². The van der Waals surface area contributed by atoms with Crippen molar-refractivity contribution in [2.45, 2.75) is 19.4 Å². The molecule has 1 aromatic carbocycles. The van der Waals surface area contributed by atoms with Crippen molar-refractivity contribution in [1.82, 2.24) is 0 Å². The number of rotatable bonds is 7. The van der Waals surface area contributed by atoms with Gasteiger partial charge in [0.1, 0.15) is 26.6 Å². The van der Waals surface area contributed by atoms with Crippen LogP contribution in [0.15, 0.2) is 30.3 Å². The van der Waals surface area contributed by atoms with Crippen LogP contribution in [0.25, 0.3) is 0 Å². The highest BCUT2D eigenvalue weighted by atomic mass is 16.5. The minimum absolute atomic E-state index is 0.0914. The van der Waals surface area contributed by atoms with E-state index in [1.54, 1.807) is 24.9 Å². The average molecular weight is 278 g/mol. The minimum Gasteiger partial charge on any atom is -0.481 e. The molecule has 0 heterocycles. The largest absolute Gasteiger partial charge is 0.481 e. The Bertz CT molecular complexity index is 478. The molecule has 0 aliphatic rings. The molecule has 1 aromatic rings. The maximum Gasteiger partial charge on any atom is 0.316 e. The highest BCUT2D eigenvalue weighted by molar-refractivity contribution is 5.87. The van der Waals surface area contributed by atoms with E-state index >= 15 is 0 Å². The Hall–Kier alpha value is -2.17. The molecule has 5 heteroatoms. The van der Waals surface area contributed by atoms with Gasteiger partial charge in [-0.15, -0.1) is 0 Å². The van der Waals surface area contributed by atoms with Crippen LogP contribution in [0.2, 0.25) is 0 Å². The van der Waals surface area contributed by atoms with E-state index in [1.807, 2.05) is 30.3 Å². The van der Waals surface area contributed by atoms with Gasteiger partial charge in [0.15, 0.2) is 6.21 Å². The van der Waals surface area contributed by atoms with E-state index < -0.39 is 11.9 Å². The van der Waals surface area contributed by atoms with Crippen molar-refractivity contribution in [2.24, 2.45) is 5.92 Å². The lowest BCUT2D eigenvalue weighted by Crippen LogP contribution is -2.21. The van der Waals surface area contributed by atoms with Gasteiger partial charge in [0.05, 0.1) is 0 Å². The SMILES string of the molecule is C[N+](C)=CC(CCC(=O)OCc1ccccc1)C(=O)O. The third kappa shape index (κ3) is 6.13. The number of nitrogens with zero attached hydrogens (tertiary/aromatic N) is 1. The second-order valence-electron chi connectivity index (χ2n) is 4.74. The molecule has 0 radical (unpaired) electrons. The predicted molar refractivity (Wildman–Crippen MR) is 74.8 cm³/mol. The maximum atomic E-state index is 11.6. The molecule has 0 aliphatic heterocycles. The van der Waals surface area contributed by atoms with E-state index in [1.165, 1.54) is 0 Å². The summed E-state index contributed by atoms with van der Waals surface area (Å²) in [7, 11) is 3.51. The van der Waals surface area contributed by atoms with Gasteiger partial charge in [0.25, 0.3) is 0 Å². The fourth-order valence-electron chi connectivity index (χ4n) is 1.71. The van der Waals surface area contributed by atoms with E-state index in [4.69, 9.17) is 9.84 Å². The zero-order valence-corrected chi connectivity index (χ0v) is 11.8. The van der Waals surface area contributed by atoms with Gasteiger partial charge in [-0.1, -0.05) is 30.3 Å². The van der Waals surface area contributed by atoms with Crippen LogP contribution in [0.5, 0.6) is 0 Å².